The van der Waals surface area contributed by atoms with Crippen LogP contribution in [0.15, 0.2) is 77.4 Å². The zero-order valence-electron chi connectivity index (χ0n) is 17.6. The van der Waals surface area contributed by atoms with Crippen LogP contribution in [-0.4, -0.2) is 38.0 Å². The van der Waals surface area contributed by atoms with E-state index in [1.54, 1.807) is 61.5 Å². The smallest absolute Gasteiger partial charge is 0.341 e. The molecular formula is C24H22N2O6. The molecule has 0 aliphatic carbocycles. The van der Waals surface area contributed by atoms with Crippen LogP contribution in [0.1, 0.15) is 22.8 Å². The number of methoxy groups -OCH3 is 1. The van der Waals surface area contributed by atoms with E-state index in [0.717, 1.165) is 0 Å². The topological polar surface area (TPSA) is 117 Å². The lowest BCUT2D eigenvalue weighted by molar-refractivity contribution is -0.142. The molecule has 0 aromatic heterocycles. The standard InChI is InChI=1S/C24H22N2O6/c1-14-18(20(27)15-8-4-3-5-9-15)24(16-10-6-7-11-17(16)26-23(24)29)19(21(25)32-14)22(28)31-13-12-30-2/h3-11H,12-13,25H2,1-2H3,(H,26,29). The van der Waals surface area contributed by atoms with Gasteiger partial charge < -0.3 is 25.3 Å². The summed E-state index contributed by atoms with van der Waals surface area (Å²) in [5.41, 5.74) is 5.35. The maximum absolute atomic E-state index is 13.7. The van der Waals surface area contributed by atoms with Gasteiger partial charge in [0.2, 0.25) is 11.8 Å². The number of nitrogens with two attached hydrogens (primary N) is 1. The van der Waals surface area contributed by atoms with Crippen LogP contribution in [0, 0.1) is 0 Å². The van der Waals surface area contributed by atoms with Crippen LogP contribution in [-0.2, 0) is 29.2 Å². The summed E-state index contributed by atoms with van der Waals surface area (Å²) in [5, 5.41) is 2.78. The number of rotatable bonds is 6. The van der Waals surface area contributed by atoms with Gasteiger partial charge in [0.15, 0.2) is 5.78 Å². The Morgan fingerprint density at radius 2 is 1.72 bits per heavy atom. The number of amides is 1. The van der Waals surface area contributed by atoms with Crippen molar-refractivity contribution >= 4 is 23.3 Å². The van der Waals surface area contributed by atoms with Crippen molar-refractivity contribution in [1.29, 1.82) is 0 Å². The van der Waals surface area contributed by atoms with Crippen LogP contribution in [0.2, 0.25) is 0 Å². The maximum Gasteiger partial charge on any atom is 0.341 e. The zero-order chi connectivity index (χ0) is 22.9. The van der Waals surface area contributed by atoms with Crippen molar-refractivity contribution in [2.75, 3.05) is 25.6 Å². The van der Waals surface area contributed by atoms with Gasteiger partial charge in [-0.05, 0) is 13.0 Å². The van der Waals surface area contributed by atoms with Gasteiger partial charge in [-0.1, -0.05) is 48.5 Å². The number of hydrogen-bond donors (Lipinski definition) is 2. The average molecular weight is 434 g/mol. The van der Waals surface area contributed by atoms with E-state index in [1.807, 2.05) is 0 Å². The summed E-state index contributed by atoms with van der Waals surface area (Å²) in [6, 6.07) is 15.3. The molecule has 2 aliphatic heterocycles. The first kappa shape index (κ1) is 21.3. The number of allylic oxidation sites excluding steroid dienone is 1. The molecule has 1 amide bonds. The molecule has 0 saturated heterocycles. The zero-order valence-corrected chi connectivity index (χ0v) is 17.6. The molecule has 164 valence electrons. The van der Waals surface area contributed by atoms with E-state index in [-0.39, 0.29) is 36.0 Å². The minimum atomic E-state index is -1.82. The Morgan fingerprint density at radius 1 is 1.03 bits per heavy atom. The highest BCUT2D eigenvalue weighted by molar-refractivity contribution is 6.25. The fraction of sp³-hybridized carbons (Fsp3) is 0.208. The Hall–Kier alpha value is -3.91. The summed E-state index contributed by atoms with van der Waals surface area (Å²) in [5.74, 6) is -2.05. The second-order valence-electron chi connectivity index (χ2n) is 7.35. The molecule has 3 N–H and O–H groups in total. The van der Waals surface area contributed by atoms with E-state index in [4.69, 9.17) is 19.9 Å². The molecule has 2 heterocycles. The van der Waals surface area contributed by atoms with Crippen molar-refractivity contribution in [3.63, 3.8) is 0 Å². The van der Waals surface area contributed by atoms with Crippen molar-refractivity contribution in [3.8, 4) is 0 Å². The van der Waals surface area contributed by atoms with Gasteiger partial charge in [0, 0.05) is 23.9 Å². The van der Waals surface area contributed by atoms with Gasteiger partial charge in [-0.25, -0.2) is 4.79 Å². The number of para-hydroxylation sites is 1. The molecule has 1 spiro atoms. The van der Waals surface area contributed by atoms with Crippen molar-refractivity contribution in [2.45, 2.75) is 12.3 Å². The minimum Gasteiger partial charge on any atom is -0.460 e. The third-order valence-electron chi connectivity index (χ3n) is 5.52. The number of carbonyl (C=O) groups excluding carboxylic acids is 3. The number of hydrogen-bond acceptors (Lipinski definition) is 7. The normalized spacial score (nSPS) is 19.5. The van der Waals surface area contributed by atoms with Crippen LogP contribution >= 0.6 is 0 Å². The van der Waals surface area contributed by atoms with E-state index < -0.39 is 23.1 Å². The Balaban J connectivity index is 1.96. The van der Waals surface area contributed by atoms with Gasteiger partial charge in [-0.3, -0.25) is 9.59 Å². The maximum atomic E-state index is 13.7. The van der Waals surface area contributed by atoms with Crippen LogP contribution < -0.4 is 11.1 Å². The highest BCUT2D eigenvalue weighted by Crippen LogP contribution is 2.52. The van der Waals surface area contributed by atoms with Gasteiger partial charge in [-0.2, -0.15) is 0 Å². The molecule has 0 radical (unpaired) electrons. The lowest BCUT2D eigenvalue weighted by Crippen LogP contribution is -2.48. The molecular weight excluding hydrogens is 412 g/mol. The summed E-state index contributed by atoms with van der Waals surface area (Å²) >= 11 is 0. The van der Waals surface area contributed by atoms with Crippen LogP contribution in [0.25, 0.3) is 0 Å². The Bertz CT molecular complexity index is 1170. The fourth-order valence-electron chi connectivity index (χ4n) is 4.20. The van der Waals surface area contributed by atoms with Crippen molar-refractivity contribution in [3.05, 3.63) is 88.5 Å². The van der Waals surface area contributed by atoms with Gasteiger partial charge in [-0.15, -0.1) is 0 Å². The van der Waals surface area contributed by atoms with Crippen molar-refractivity contribution in [1.82, 2.24) is 0 Å². The molecule has 2 aliphatic rings. The van der Waals surface area contributed by atoms with Gasteiger partial charge >= 0.3 is 5.97 Å². The number of benzene rings is 2. The first-order valence-corrected chi connectivity index (χ1v) is 9.99. The summed E-state index contributed by atoms with van der Waals surface area (Å²) in [4.78, 5) is 40.5. The molecule has 1 unspecified atom stereocenters. The average Bonchev–Trinajstić information content (AvgIpc) is 3.06. The monoisotopic (exact) mass is 434 g/mol. The number of ketones is 1. The molecule has 2 aromatic carbocycles. The highest BCUT2D eigenvalue weighted by atomic mass is 16.6. The van der Waals surface area contributed by atoms with E-state index in [9.17, 15) is 14.4 Å². The summed E-state index contributed by atoms with van der Waals surface area (Å²) in [6.07, 6.45) is 0. The Labute approximate surface area is 184 Å². The van der Waals surface area contributed by atoms with Crippen molar-refractivity contribution < 1.29 is 28.6 Å². The highest BCUT2D eigenvalue weighted by Gasteiger charge is 2.61. The molecule has 32 heavy (non-hydrogen) atoms. The third-order valence-corrected chi connectivity index (χ3v) is 5.52. The molecule has 0 fully saturated rings. The molecule has 4 rings (SSSR count). The van der Waals surface area contributed by atoms with Gasteiger partial charge in [0.25, 0.3) is 0 Å². The summed E-state index contributed by atoms with van der Waals surface area (Å²) in [7, 11) is 1.47. The van der Waals surface area contributed by atoms with E-state index in [1.165, 1.54) is 7.11 Å². The largest absolute Gasteiger partial charge is 0.460 e. The number of carbonyl (C=O) groups is 3. The van der Waals surface area contributed by atoms with E-state index >= 15 is 0 Å². The molecule has 0 bridgehead atoms. The predicted molar refractivity (Wildman–Crippen MR) is 115 cm³/mol. The second-order valence-corrected chi connectivity index (χ2v) is 7.35. The number of ether oxygens (including phenoxy) is 3. The molecule has 0 saturated carbocycles. The molecule has 8 nitrogen and oxygen atoms in total. The number of Topliss-reactive ketones (excluding diaryl/α,β-unsaturated/α-hetero) is 1. The van der Waals surface area contributed by atoms with Crippen LogP contribution in [0.5, 0.6) is 0 Å². The number of fused-ring (bicyclic) bond motifs is 2. The number of nitrogens with one attached hydrogen (secondary N) is 1. The Morgan fingerprint density at radius 3 is 2.44 bits per heavy atom. The van der Waals surface area contributed by atoms with Crippen molar-refractivity contribution in [2.24, 2.45) is 5.73 Å². The lowest BCUT2D eigenvalue weighted by Gasteiger charge is -2.36. The van der Waals surface area contributed by atoms with Crippen LogP contribution in [0.3, 0.4) is 0 Å². The Kier molecular flexibility index (Phi) is 5.54. The minimum absolute atomic E-state index is 0.0130. The van der Waals surface area contributed by atoms with E-state index in [0.29, 0.717) is 16.8 Å². The predicted octanol–water partition coefficient (Wildman–Crippen LogP) is 2.42. The molecule has 1 atom stereocenters. The molecule has 8 heteroatoms. The first-order chi connectivity index (χ1) is 15.4. The summed E-state index contributed by atoms with van der Waals surface area (Å²) in [6.45, 7) is 1.64. The SMILES string of the molecule is COCCOC(=O)C1=C(N)OC(C)=C(C(=O)c2ccccc2)C12C(=O)Nc1ccccc12. The van der Waals surface area contributed by atoms with Crippen LogP contribution in [0.4, 0.5) is 5.69 Å². The van der Waals surface area contributed by atoms with Gasteiger partial charge in [0.05, 0.1) is 12.2 Å². The van der Waals surface area contributed by atoms with Gasteiger partial charge in [0.1, 0.15) is 23.4 Å². The lowest BCUT2D eigenvalue weighted by atomic mass is 9.66. The second kappa shape index (κ2) is 8.32. The summed E-state index contributed by atoms with van der Waals surface area (Å²) < 4.78 is 15.9. The third kappa shape index (κ3) is 3.16. The quantitative estimate of drug-likeness (QED) is 0.407. The fourth-order valence-corrected chi connectivity index (χ4v) is 4.20. The number of esters is 1. The van der Waals surface area contributed by atoms with E-state index in [2.05, 4.69) is 5.32 Å². The molecule has 2 aromatic rings. The number of anilines is 1. The first-order valence-electron chi connectivity index (χ1n) is 9.99.